The van der Waals surface area contributed by atoms with Gasteiger partial charge in [-0.25, -0.2) is 12.4 Å². The molecule has 6 heteroatoms. The molecule has 0 unspecified atom stereocenters. The van der Waals surface area contributed by atoms with E-state index >= 15 is 0 Å². The van der Waals surface area contributed by atoms with Gasteiger partial charge in [0.25, 0.3) is 16.5 Å². The summed E-state index contributed by atoms with van der Waals surface area (Å²) in [4.78, 5) is 9.47. The van der Waals surface area contributed by atoms with E-state index in [9.17, 15) is 13.2 Å². The summed E-state index contributed by atoms with van der Waals surface area (Å²) in [5, 5.41) is 0. The lowest BCUT2D eigenvalue weighted by Crippen LogP contribution is -2.10. The zero-order valence-corrected chi connectivity index (χ0v) is 14.6. The van der Waals surface area contributed by atoms with Gasteiger partial charge in [0.1, 0.15) is 0 Å². The summed E-state index contributed by atoms with van der Waals surface area (Å²) < 4.78 is 30.3. The molecule has 0 aliphatic carbocycles. The Morgan fingerprint density at radius 3 is 2.04 bits per heavy atom. The number of carbonyl (C=O) groups is 1. The first-order valence-electron chi connectivity index (χ1n) is 7.69. The maximum atomic E-state index is 12.4. The molecule has 3 rings (SSSR count). The molecule has 0 aliphatic rings. The van der Waals surface area contributed by atoms with Crippen LogP contribution in [0, 0.1) is 0 Å². The number of benzene rings is 2. The summed E-state index contributed by atoms with van der Waals surface area (Å²) >= 11 is 0. The Bertz CT molecular complexity index is 887. The van der Waals surface area contributed by atoms with E-state index in [-0.39, 0.29) is 4.90 Å². The third-order valence-corrected chi connectivity index (χ3v) is 4.98. The van der Waals surface area contributed by atoms with Crippen LogP contribution in [-0.4, -0.2) is 25.5 Å². The maximum absolute atomic E-state index is 12.4. The second kappa shape index (κ2) is 8.84. The van der Waals surface area contributed by atoms with Crippen molar-refractivity contribution in [3.63, 3.8) is 0 Å². The van der Waals surface area contributed by atoms with E-state index in [0.717, 1.165) is 11.1 Å². The highest BCUT2D eigenvalue weighted by Crippen LogP contribution is 2.22. The van der Waals surface area contributed by atoms with Crippen LogP contribution >= 0.6 is 0 Å². The van der Waals surface area contributed by atoms with Crippen LogP contribution in [0.2, 0.25) is 0 Å². The fourth-order valence-corrected chi connectivity index (χ4v) is 3.33. The van der Waals surface area contributed by atoms with Crippen LogP contribution in [0.1, 0.15) is 6.92 Å². The molecule has 1 heterocycles. The Balaban J connectivity index is 0.000000399. The van der Waals surface area contributed by atoms with Crippen molar-refractivity contribution in [3.8, 4) is 11.1 Å². The summed E-state index contributed by atoms with van der Waals surface area (Å²) in [7, 11) is -3.51. The molecule has 0 saturated carbocycles. The SMILES string of the molecule is CCOC=O.O=S(=O)(c1ccccc1)n1ccc(-c2ccccc2)c1. The van der Waals surface area contributed by atoms with Crippen molar-refractivity contribution >= 4 is 16.5 Å². The van der Waals surface area contributed by atoms with Crippen molar-refractivity contribution in [2.75, 3.05) is 6.61 Å². The van der Waals surface area contributed by atoms with Gasteiger partial charge < -0.3 is 4.74 Å². The average molecular weight is 357 g/mol. The number of ether oxygens (including phenoxy) is 1. The van der Waals surface area contributed by atoms with Gasteiger partial charge in [0.05, 0.1) is 11.5 Å². The Hall–Kier alpha value is -2.86. The first-order valence-corrected chi connectivity index (χ1v) is 9.13. The smallest absolute Gasteiger partial charge is 0.293 e. The van der Waals surface area contributed by atoms with E-state index in [4.69, 9.17) is 0 Å². The van der Waals surface area contributed by atoms with Gasteiger partial charge in [-0.2, -0.15) is 0 Å². The minimum Gasteiger partial charge on any atom is -0.468 e. The zero-order chi connectivity index (χ0) is 18.1. The summed E-state index contributed by atoms with van der Waals surface area (Å²) in [5.41, 5.74) is 1.87. The Kier molecular flexibility index (Phi) is 6.54. The molecule has 2 aromatic carbocycles. The molecular weight excluding hydrogens is 338 g/mol. The molecule has 5 nitrogen and oxygen atoms in total. The van der Waals surface area contributed by atoms with E-state index in [0.29, 0.717) is 13.1 Å². The molecule has 0 amide bonds. The predicted molar refractivity (Wildman–Crippen MR) is 96.6 cm³/mol. The summed E-state index contributed by atoms with van der Waals surface area (Å²) in [6.07, 6.45) is 3.21. The van der Waals surface area contributed by atoms with Crippen LogP contribution in [0.5, 0.6) is 0 Å². The first-order chi connectivity index (χ1) is 12.1. The molecule has 1 aromatic heterocycles. The normalized spacial score (nSPS) is 10.4. The van der Waals surface area contributed by atoms with Gasteiger partial charge in [-0.3, -0.25) is 4.79 Å². The lowest BCUT2D eigenvalue weighted by atomic mass is 10.1. The molecule has 0 fully saturated rings. The number of hydrogen-bond acceptors (Lipinski definition) is 4. The van der Waals surface area contributed by atoms with Crippen molar-refractivity contribution in [3.05, 3.63) is 79.1 Å². The van der Waals surface area contributed by atoms with Gasteiger partial charge >= 0.3 is 0 Å². The lowest BCUT2D eigenvalue weighted by Gasteiger charge is -2.05. The van der Waals surface area contributed by atoms with Gasteiger partial charge in [0, 0.05) is 18.0 Å². The van der Waals surface area contributed by atoms with Crippen molar-refractivity contribution in [1.29, 1.82) is 0 Å². The molecular formula is C19H19NO4S. The number of aromatic nitrogens is 1. The van der Waals surface area contributed by atoms with Crippen LogP contribution in [-0.2, 0) is 19.6 Å². The van der Waals surface area contributed by atoms with Crippen LogP contribution in [0.25, 0.3) is 11.1 Å². The first kappa shape index (κ1) is 18.5. The summed E-state index contributed by atoms with van der Waals surface area (Å²) in [6, 6.07) is 19.9. The van der Waals surface area contributed by atoms with Gasteiger partial charge in [-0.05, 0) is 30.7 Å². The fraction of sp³-hybridized carbons (Fsp3) is 0.105. The van der Waals surface area contributed by atoms with Gasteiger partial charge in [0.2, 0.25) is 0 Å². The van der Waals surface area contributed by atoms with Crippen molar-refractivity contribution in [2.45, 2.75) is 11.8 Å². The predicted octanol–water partition coefficient (Wildman–Crippen LogP) is 3.57. The molecule has 130 valence electrons. The van der Waals surface area contributed by atoms with Gasteiger partial charge in [-0.1, -0.05) is 48.5 Å². The average Bonchev–Trinajstić information content (AvgIpc) is 3.15. The summed E-state index contributed by atoms with van der Waals surface area (Å²) in [5.74, 6) is 0. The Morgan fingerprint density at radius 2 is 1.52 bits per heavy atom. The molecule has 0 bridgehead atoms. The molecule has 25 heavy (non-hydrogen) atoms. The number of rotatable bonds is 5. The van der Waals surface area contributed by atoms with E-state index in [2.05, 4.69) is 4.74 Å². The number of hydrogen-bond donors (Lipinski definition) is 0. The van der Waals surface area contributed by atoms with Crippen molar-refractivity contribution < 1.29 is 17.9 Å². The highest BCUT2D eigenvalue weighted by molar-refractivity contribution is 7.90. The third kappa shape index (κ3) is 4.81. The molecule has 0 radical (unpaired) electrons. The van der Waals surface area contributed by atoms with Crippen LogP contribution in [0.4, 0.5) is 0 Å². The van der Waals surface area contributed by atoms with Gasteiger partial charge in [-0.15, -0.1) is 0 Å². The fourth-order valence-electron chi connectivity index (χ4n) is 2.11. The van der Waals surface area contributed by atoms with Crippen LogP contribution in [0.15, 0.2) is 84.0 Å². The molecule has 0 atom stereocenters. The highest BCUT2D eigenvalue weighted by atomic mass is 32.2. The largest absolute Gasteiger partial charge is 0.468 e. The maximum Gasteiger partial charge on any atom is 0.293 e. The topological polar surface area (TPSA) is 65.4 Å². The number of nitrogens with zero attached hydrogens (tertiary/aromatic N) is 1. The number of carbonyl (C=O) groups excluding carboxylic acids is 1. The van der Waals surface area contributed by atoms with E-state index in [1.165, 1.54) is 3.97 Å². The second-order valence-corrected chi connectivity index (χ2v) is 6.81. The van der Waals surface area contributed by atoms with Crippen molar-refractivity contribution in [1.82, 2.24) is 3.97 Å². The minimum atomic E-state index is -3.51. The van der Waals surface area contributed by atoms with E-state index < -0.39 is 10.0 Å². The van der Waals surface area contributed by atoms with E-state index in [1.807, 2.05) is 30.3 Å². The standard InChI is InChI=1S/C16H13NO2S.C3H6O2/c18-20(19,16-9-5-2-6-10-16)17-12-11-15(13-17)14-7-3-1-4-8-14;1-2-5-3-4/h1-13H;3H,2H2,1H3. The second-order valence-electron chi connectivity index (χ2n) is 4.97. The molecule has 0 spiro atoms. The van der Waals surface area contributed by atoms with Crippen LogP contribution < -0.4 is 0 Å². The molecule has 0 saturated heterocycles. The van der Waals surface area contributed by atoms with Crippen LogP contribution in [0.3, 0.4) is 0 Å². The quantitative estimate of drug-likeness (QED) is 0.655. The Labute approximate surface area is 147 Å². The molecule has 0 N–H and O–H groups in total. The molecule has 0 aliphatic heterocycles. The third-order valence-electron chi connectivity index (χ3n) is 3.33. The zero-order valence-electron chi connectivity index (χ0n) is 13.8. The monoisotopic (exact) mass is 357 g/mol. The van der Waals surface area contributed by atoms with E-state index in [1.54, 1.807) is 55.7 Å². The highest BCUT2D eigenvalue weighted by Gasteiger charge is 2.16. The lowest BCUT2D eigenvalue weighted by molar-refractivity contribution is -0.128. The van der Waals surface area contributed by atoms with Gasteiger partial charge in [0.15, 0.2) is 0 Å². The van der Waals surface area contributed by atoms with Crippen molar-refractivity contribution in [2.24, 2.45) is 0 Å². The Morgan fingerprint density at radius 1 is 0.920 bits per heavy atom. The molecule has 3 aromatic rings. The summed E-state index contributed by atoms with van der Waals surface area (Å²) in [6.45, 7) is 2.66. The minimum absolute atomic E-state index is 0.287.